The van der Waals surface area contributed by atoms with Gasteiger partial charge in [0.25, 0.3) is 0 Å². The molecular weight excluding hydrogens is 220 g/mol. The van der Waals surface area contributed by atoms with Crippen molar-refractivity contribution in [2.75, 3.05) is 0 Å². The molecular formula is C13H24O4. The maximum Gasteiger partial charge on any atom is 0.0801 e. The van der Waals surface area contributed by atoms with Crippen LogP contribution in [-0.2, 0) is 0 Å². The predicted octanol–water partition coefficient (Wildman–Crippen LogP) is 0.420. The molecule has 0 aromatic heterocycles. The van der Waals surface area contributed by atoms with Gasteiger partial charge in [0.15, 0.2) is 0 Å². The van der Waals surface area contributed by atoms with Crippen LogP contribution in [0.1, 0.15) is 44.9 Å². The summed E-state index contributed by atoms with van der Waals surface area (Å²) in [5, 5.41) is 38.2. The molecule has 4 heteroatoms. The van der Waals surface area contributed by atoms with Crippen molar-refractivity contribution < 1.29 is 20.4 Å². The minimum atomic E-state index is -0.576. The number of hydrogen-bond acceptors (Lipinski definition) is 4. The average Bonchev–Trinajstić information content (AvgIpc) is 2.29. The summed E-state index contributed by atoms with van der Waals surface area (Å²) in [6.07, 6.45) is 3.41. The van der Waals surface area contributed by atoms with Crippen LogP contribution in [0.5, 0.6) is 0 Å². The first kappa shape index (κ1) is 13.3. The third-order valence-corrected chi connectivity index (χ3v) is 4.45. The third kappa shape index (κ3) is 3.41. The quantitative estimate of drug-likeness (QED) is 0.567. The number of aliphatic hydroxyl groups excluding tert-OH is 4. The highest BCUT2D eigenvalue weighted by Crippen LogP contribution is 2.35. The van der Waals surface area contributed by atoms with Gasteiger partial charge in [-0.05, 0) is 56.8 Å². The molecule has 4 nitrogen and oxygen atoms in total. The Bertz CT molecular complexity index is 222. The summed E-state index contributed by atoms with van der Waals surface area (Å²) in [6.45, 7) is 0. The van der Waals surface area contributed by atoms with E-state index in [0.717, 1.165) is 19.3 Å². The number of aliphatic hydroxyl groups is 4. The summed E-state index contributed by atoms with van der Waals surface area (Å²) in [4.78, 5) is 0. The lowest BCUT2D eigenvalue weighted by atomic mass is 9.75. The molecule has 0 aliphatic heterocycles. The van der Waals surface area contributed by atoms with E-state index >= 15 is 0 Å². The minimum Gasteiger partial charge on any atom is -0.390 e. The van der Waals surface area contributed by atoms with Crippen molar-refractivity contribution in [2.24, 2.45) is 11.8 Å². The summed E-state index contributed by atoms with van der Waals surface area (Å²) in [7, 11) is 0. The van der Waals surface area contributed by atoms with Gasteiger partial charge in [-0.1, -0.05) is 0 Å². The summed E-state index contributed by atoms with van der Waals surface area (Å²) < 4.78 is 0. The first-order chi connectivity index (χ1) is 8.06. The standard InChI is InChI=1S/C13H24O4/c14-10-3-1-8(6-12(10)16)5-9-2-4-11(15)13(17)7-9/h8-17H,1-7H2. The SMILES string of the molecule is OC1CCC(CC2CCC(O)C(O)C2)CC1O. The molecule has 4 N–H and O–H groups in total. The van der Waals surface area contributed by atoms with Crippen molar-refractivity contribution in [3.8, 4) is 0 Å². The van der Waals surface area contributed by atoms with Gasteiger partial charge in [-0.3, -0.25) is 0 Å². The Morgan fingerprint density at radius 1 is 0.588 bits per heavy atom. The van der Waals surface area contributed by atoms with Gasteiger partial charge in [-0.25, -0.2) is 0 Å². The zero-order valence-corrected chi connectivity index (χ0v) is 10.2. The molecule has 100 valence electrons. The molecule has 2 rings (SSSR count). The molecule has 0 amide bonds. The van der Waals surface area contributed by atoms with E-state index in [0.29, 0.717) is 37.5 Å². The predicted molar refractivity (Wildman–Crippen MR) is 63.3 cm³/mol. The molecule has 2 saturated carbocycles. The second-order valence-electron chi connectivity index (χ2n) is 5.86. The molecule has 0 heterocycles. The van der Waals surface area contributed by atoms with E-state index in [1.165, 1.54) is 0 Å². The van der Waals surface area contributed by atoms with Crippen LogP contribution in [0, 0.1) is 11.8 Å². The molecule has 2 aliphatic rings. The molecule has 17 heavy (non-hydrogen) atoms. The molecule has 6 atom stereocenters. The Hall–Kier alpha value is -0.160. The fraction of sp³-hybridized carbons (Fsp3) is 1.00. The first-order valence-electron chi connectivity index (χ1n) is 6.78. The van der Waals surface area contributed by atoms with E-state index in [2.05, 4.69) is 0 Å². The van der Waals surface area contributed by atoms with E-state index in [-0.39, 0.29) is 0 Å². The highest BCUT2D eigenvalue weighted by molar-refractivity contribution is 4.84. The normalized spacial score (nSPS) is 48.0. The third-order valence-electron chi connectivity index (χ3n) is 4.45. The van der Waals surface area contributed by atoms with Crippen LogP contribution >= 0.6 is 0 Å². The lowest BCUT2D eigenvalue weighted by Gasteiger charge is -2.35. The lowest BCUT2D eigenvalue weighted by molar-refractivity contribution is -0.0444. The average molecular weight is 244 g/mol. The number of rotatable bonds is 2. The van der Waals surface area contributed by atoms with Gasteiger partial charge in [0.1, 0.15) is 0 Å². The molecule has 0 radical (unpaired) electrons. The Balaban J connectivity index is 1.78. The molecule has 0 spiro atoms. The van der Waals surface area contributed by atoms with Gasteiger partial charge in [0.2, 0.25) is 0 Å². The molecule has 6 unspecified atom stereocenters. The second-order valence-corrected chi connectivity index (χ2v) is 5.86. The fourth-order valence-electron chi connectivity index (χ4n) is 3.33. The summed E-state index contributed by atoms with van der Waals surface area (Å²) in [6, 6.07) is 0. The van der Waals surface area contributed by atoms with Crippen LogP contribution in [0.15, 0.2) is 0 Å². The van der Waals surface area contributed by atoms with Gasteiger partial charge in [0.05, 0.1) is 24.4 Å². The highest BCUT2D eigenvalue weighted by atomic mass is 16.3. The van der Waals surface area contributed by atoms with E-state index in [4.69, 9.17) is 0 Å². The van der Waals surface area contributed by atoms with Crippen molar-refractivity contribution in [3.05, 3.63) is 0 Å². The summed E-state index contributed by atoms with van der Waals surface area (Å²) in [5.74, 6) is 0.918. The Morgan fingerprint density at radius 3 is 1.35 bits per heavy atom. The van der Waals surface area contributed by atoms with Gasteiger partial charge in [-0.15, -0.1) is 0 Å². The molecule has 0 bridgehead atoms. The molecule has 2 aliphatic carbocycles. The van der Waals surface area contributed by atoms with Crippen LogP contribution in [0.3, 0.4) is 0 Å². The van der Waals surface area contributed by atoms with Crippen LogP contribution < -0.4 is 0 Å². The van der Waals surface area contributed by atoms with Gasteiger partial charge < -0.3 is 20.4 Å². The smallest absolute Gasteiger partial charge is 0.0801 e. The second kappa shape index (κ2) is 5.65. The van der Waals surface area contributed by atoms with Crippen molar-refractivity contribution in [2.45, 2.75) is 69.4 Å². The maximum atomic E-state index is 9.63. The summed E-state index contributed by atoms with van der Waals surface area (Å²) >= 11 is 0. The van der Waals surface area contributed by atoms with E-state index < -0.39 is 24.4 Å². The van der Waals surface area contributed by atoms with Gasteiger partial charge in [-0.2, -0.15) is 0 Å². The van der Waals surface area contributed by atoms with Crippen molar-refractivity contribution >= 4 is 0 Å². The lowest BCUT2D eigenvalue weighted by Crippen LogP contribution is -2.37. The first-order valence-corrected chi connectivity index (χ1v) is 6.78. The van der Waals surface area contributed by atoms with Crippen LogP contribution in [0.25, 0.3) is 0 Å². The zero-order valence-electron chi connectivity index (χ0n) is 10.2. The van der Waals surface area contributed by atoms with Crippen molar-refractivity contribution in [1.82, 2.24) is 0 Å². The van der Waals surface area contributed by atoms with Crippen molar-refractivity contribution in [1.29, 1.82) is 0 Å². The maximum absolute atomic E-state index is 9.63. The van der Waals surface area contributed by atoms with Crippen molar-refractivity contribution in [3.63, 3.8) is 0 Å². The number of hydrogen-bond donors (Lipinski definition) is 4. The monoisotopic (exact) mass is 244 g/mol. The van der Waals surface area contributed by atoms with Crippen LogP contribution in [-0.4, -0.2) is 44.8 Å². The van der Waals surface area contributed by atoms with Crippen LogP contribution in [0.4, 0.5) is 0 Å². The fourth-order valence-corrected chi connectivity index (χ4v) is 3.33. The van der Waals surface area contributed by atoms with E-state index in [1.54, 1.807) is 0 Å². The molecule has 2 fully saturated rings. The Kier molecular flexibility index (Phi) is 4.42. The van der Waals surface area contributed by atoms with E-state index in [1.807, 2.05) is 0 Å². The Morgan fingerprint density at radius 2 is 1.00 bits per heavy atom. The van der Waals surface area contributed by atoms with Gasteiger partial charge >= 0.3 is 0 Å². The Labute approximate surface area is 102 Å². The highest BCUT2D eigenvalue weighted by Gasteiger charge is 2.32. The summed E-state index contributed by atoms with van der Waals surface area (Å²) in [5.41, 5.74) is 0. The largest absolute Gasteiger partial charge is 0.390 e. The van der Waals surface area contributed by atoms with E-state index in [9.17, 15) is 20.4 Å². The molecule has 0 aromatic rings. The van der Waals surface area contributed by atoms with Crippen LogP contribution in [0.2, 0.25) is 0 Å². The van der Waals surface area contributed by atoms with Gasteiger partial charge in [0, 0.05) is 0 Å². The topological polar surface area (TPSA) is 80.9 Å². The minimum absolute atomic E-state index is 0.459. The zero-order chi connectivity index (χ0) is 12.4. The molecule has 0 saturated heterocycles. The molecule has 0 aromatic carbocycles.